The van der Waals surface area contributed by atoms with E-state index in [4.69, 9.17) is 4.74 Å². The van der Waals surface area contributed by atoms with Crippen molar-refractivity contribution in [3.05, 3.63) is 76.5 Å². The van der Waals surface area contributed by atoms with Gasteiger partial charge in [-0.2, -0.15) is 11.3 Å². The van der Waals surface area contributed by atoms with Crippen molar-refractivity contribution in [1.82, 2.24) is 4.72 Å². The predicted molar refractivity (Wildman–Crippen MR) is 120 cm³/mol. The van der Waals surface area contributed by atoms with E-state index in [1.807, 2.05) is 21.5 Å². The molecule has 2 amide bonds. The van der Waals surface area contributed by atoms with Gasteiger partial charge in [0.15, 0.2) is 0 Å². The van der Waals surface area contributed by atoms with E-state index in [0.29, 0.717) is 18.8 Å². The minimum Gasteiger partial charge on any atom is -0.488 e. The van der Waals surface area contributed by atoms with Crippen molar-refractivity contribution in [3.8, 4) is 5.75 Å². The molecule has 7 nitrogen and oxygen atoms in total. The number of carbonyl (C=O) groups excluding carboxylic acids is 2. The monoisotopic (exact) mass is 458 g/mol. The maximum absolute atomic E-state index is 12.9. The Morgan fingerprint density at radius 1 is 1.03 bits per heavy atom. The highest BCUT2D eigenvalue weighted by atomic mass is 32.2. The minimum atomic E-state index is -4.13. The molecular formula is C22H22N2O5S2. The average Bonchev–Trinajstić information content (AvgIpc) is 3.26. The predicted octanol–water partition coefficient (Wildman–Crippen LogP) is 4.18. The van der Waals surface area contributed by atoms with Crippen LogP contribution in [0.25, 0.3) is 0 Å². The summed E-state index contributed by atoms with van der Waals surface area (Å²) in [5, 5.41) is 6.52. The molecule has 9 heteroatoms. The summed E-state index contributed by atoms with van der Waals surface area (Å²) >= 11 is 1.55. The van der Waals surface area contributed by atoms with E-state index in [0.717, 1.165) is 5.56 Å². The van der Waals surface area contributed by atoms with Crippen LogP contribution in [0, 0.1) is 0 Å². The molecule has 0 saturated carbocycles. The molecule has 0 fully saturated rings. The van der Waals surface area contributed by atoms with Crippen LogP contribution in [0.1, 0.15) is 35.7 Å². The van der Waals surface area contributed by atoms with Crippen LogP contribution in [0.4, 0.5) is 5.69 Å². The highest BCUT2D eigenvalue weighted by molar-refractivity contribution is 7.90. The first-order valence-corrected chi connectivity index (χ1v) is 12.0. The van der Waals surface area contributed by atoms with Crippen LogP contribution in [0.5, 0.6) is 5.75 Å². The van der Waals surface area contributed by atoms with Crippen LogP contribution in [0.2, 0.25) is 0 Å². The van der Waals surface area contributed by atoms with Crippen LogP contribution in [0.3, 0.4) is 0 Å². The SMILES string of the molecule is CCCC(=O)NS(=O)(=O)c1ccccc1NC(=O)c1ccccc1OCc1ccsc1. The fourth-order valence-electron chi connectivity index (χ4n) is 2.79. The van der Waals surface area contributed by atoms with Gasteiger partial charge >= 0.3 is 0 Å². The van der Waals surface area contributed by atoms with Gasteiger partial charge in [0.25, 0.3) is 15.9 Å². The zero-order valence-electron chi connectivity index (χ0n) is 16.8. The van der Waals surface area contributed by atoms with Crippen molar-refractivity contribution >= 4 is 38.9 Å². The van der Waals surface area contributed by atoms with Gasteiger partial charge in [0.2, 0.25) is 5.91 Å². The van der Waals surface area contributed by atoms with E-state index >= 15 is 0 Å². The van der Waals surface area contributed by atoms with Gasteiger partial charge in [0, 0.05) is 6.42 Å². The lowest BCUT2D eigenvalue weighted by molar-refractivity contribution is -0.119. The lowest BCUT2D eigenvalue weighted by Gasteiger charge is -2.14. The molecule has 1 heterocycles. The molecule has 0 aliphatic heterocycles. The van der Waals surface area contributed by atoms with Gasteiger partial charge in [-0.25, -0.2) is 13.1 Å². The van der Waals surface area contributed by atoms with Crippen molar-refractivity contribution < 1.29 is 22.7 Å². The second-order valence-corrected chi connectivity index (χ2v) is 9.08. The first-order chi connectivity index (χ1) is 14.9. The van der Waals surface area contributed by atoms with Gasteiger partial charge in [0.05, 0.1) is 11.3 Å². The zero-order chi connectivity index (χ0) is 22.3. The van der Waals surface area contributed by atoms with Gasteiger partial charge in [-0.05, 0) is 53.1 Å². The maximum Gasteiger partial charge on any atom is 0.266 e. The second kappa shape index (κ2) is 10.2. The van der Waals surface area contributed by atoms with E-state index in [1.54, 1.807) is 48.6 Å². The summed E-state index contributed by atoms with van der Waals surface area (Å²) < 4.78 is 33.1. The first-order valence-electron chi connectivity index (χ1n) is 9.59. The molecule has 0 aliphatic rings. The quantitative estimate of drug-likeness (QED) is 0.501. The highest BCUT2D eigenvalue weighted by Crippen LogP contribution is 2.25. The third-order valence-corrected chi connectivity index (χ3v) is 6.42. The molecule has 162 valence electrons. The van der Waals surface area contributed by atoms with E-state index in [2.05, 4.69) is 5.32 Å². The summed E-state index contributed by atoms with van der Waals surface area (Å²) in [4.78, 5) is 24.5. The summed E-state index contributed by atoms with van der Waals surface area (Å²) in [6.45, 7) is 2.08. The molecule has 3 rings (SSSR count). The highest BCUT2D eigenvalue weighted by Gasteiger charge is 2.22. The van der Waals surface area contributed by atoms with Crippen LogP contribution >= 0.6 is 11.3 Å². The number of thiophene rings is 1. The number of anilines is 1. The number of hydrogen-bond donors (Lipinski definition) is 2. The van der Waals surface area contributed by atoms with Crippen molar-refractivity contribution in [2.24, 2.45) is 0 Å². The van der Waals surface area contributed by atoms with Crippen LogP contribution < -0.4 is 14.8 Å². The summed E-state index contributed by atoms with van der Waals surface area (Å²) in [5.41, 5.74) is 1.32. The number of amides is 2. The third kappa shape index (κ3) is 5.93. The van der Waals surface area contributed by atoms with E-state index in [9.17, 15) is 18.0 Å². The Hall–Kier alpha value is -3.17. The normalized spacial score (nSPS) is 11.0. The summed E-state index contributed by atoms with van der Waals surface area (Å²) in [5.74, 6) is -0.748. The Morgan fingerprint density at radius 2 is 1.77 bits per heavy atom. The molecule has 1 aromatic heterocycles. The number of para-hydroxylation sites is 2. The Balaban J connectivity index is 1.81. The summed E-state index contributed by atoms with van der Waals surface area (Å²) in [6, 6.07) is 14.6. The molecule has 0 atom stereocenters. The van der Waals surface area contributed by atoms with Crippen molar-refractivity contribution in [3.63, 3.8) is 0 Å². The third-order valence-electron chi connectivity index (χ3n) is 4.26. The Labute approximate surface area is 185 Å². The number of sulfonamides is 1. The van der Waals surface area contributed by atoms with Gasteiger partial charge in [-0.3, -0.25) is 9.59 Å². The minimum absolute atomic E-state index is 0.0666. The van der Waals surface area contributed by atoms with Crippen molar-refractivity contribution in [2.45, 2.75) is 31.3 Å². The molecule has 0 radical (unpaired) electrons. The molecule has 0 saturated heterocycles. The van der Waals surface area contributed by atoms with E-state index in [-0.39, 0.29) is 22.6 Å². The second-order valence-electron chi connectivity index (χ2n) is 6.65. The largest absolute Gasteiger partial charge is 0.488 e. The van der Waals surface area contributed by atoms with Crippen molar-refractivity contribution in [1.29, 1.82) is 0 Å². The molecule has 0 bridgehead atoms. The van der Waals surface area contributed by atoms with Crippen molar-refractivity contribution in [2.75, 3.05) is 5.32 Å². The Kier molecular flexibility index (Phi) is 7.43. The van der Waals surface area contributed by atoms with Crippen LogP contribution in [-0.4, -0.2) is 20.2 Å². The maximum atomic E-state index is 12.9. The number of benzene rings is 2. The average molecular weight is 459 g/mol. The molecule has 31 heavy (non-hydrogen) atoms. The van der Waals surface area contributed by atoms with Gasteiger partial charge < -0.3 is 10.1 Å². The van der Waals surface area contributed by atoms with E-state index in [1.165, 1.54) is 18.2 Å². The molecule has 2 aromatic carbocycles. The smallest absolute Gasteiger partial charge is 0.266 e. The van der Waals surface area contributed by atoms with Gasteiger partial charge in [-0.15, -0.1) is 0 Å². The number of ether oxygens (including phenoxy) is 1. The number of carbonyl (C=O) groups is 2. The molecule has 0 spiro atoms. The topological polar surface area (TPSA) is 102 Å². The zero-order valence-corrected chi connectivity index (χ0v) is 18.5. The lowest BCUT2D eigenvalue weighted by atomic mass is 10.2. The Bertz CT molecular complexity index is 1160. The van der Waals surface area contributed by atoms with E-state index < -0.39 is 21.8 Å². The van der Waals surface area contributed by atoms with Gasteiger partial charge in [0.1, 0.15) is 17.3 Å². The lowest BCUT2D eigenvalue weighted by Crippen LogP contribution is -2.31. The molecule has 0 unspecified atom stereocenters. The fraction of sp³-hybridized carbons (Fsp3) is 0.182. The van der Waals surface area contributed by atoms with Crippen LogP contribution in [-0.2, 0) is 21.4 Å². The summed E-state index contributed by atoms with van der Waals surface area (Å²) in [7, 11) is -4.13. The first kappa shape index (κ1) is 22.5. The number of nitrogens with one attached hydrogen (secondary N) is 2. The number of hydrogen-bond acceptors (Lipinski definition) is 6. The molecule has 0 aliphatic carbocycles. The fourth-order valence-corrected chi connectivity index (χ4v) is 4.62. The number of rotatable bonds is 9. The Morgan fingerprint density at radius 3 is 2.52 bits per heavy atom. The molecule has 3 aromatic rings. The summed E-state index contributed by atoms with van der Waals surface area (Å²) in [6.07, 6.45) is 0.602. The molecular weight excluding hydrogens is 436 g/mol. The van der Waals surface area contributed by atoms with Crippen LogP contribution in [0.15, 0.2) is 70.3 Å². The standard InChI is InChI=1S/C22H22N2O5S2/c1-2-7-21(25)24-31(27,28)20-11-6-4-9-18(20)23-22(26)17-8-3-5-10-19(17)29-14-16-12-13-30-15-16/h3-6,8-13,15H,2,7,14H2,1H3,(H,23,26)(H,24,25). The molecule has 2 N–H and O–H groups in total. The van der Waals surface area contributed by atoms with Gasteiger partial charge in [-0.1, -0.05) is 31.2 Å².